The molecule has 96 valence electrons. The van der Waals surface area contributed by atoms with E-state index < -0.39 is 11.9 Å². The number of aliphatic hydroxyl groups excluding tert-OH is 1. The lowest BCUT2D eigenvalue weighted by Gasteiger charge is -2.13. The average molecular weight is 277 g/mol. The van der Waals surface area contributed by atoms with Crippen molar-refractivity contribution in [1.82, 2.24) is 0 Å². The summed E-state index contributed by atoms with van der Waals surface area (Å²) in [6.07, 6.45) is 1.21. The van der Waals surface area contributed by atoms with E-state index in [4.69, 9.17) is 11.6 Å². The topological polar surface area (TPSA) is 20.2 Å². The lowest BCUT2D eigenvalue weighted by Crippen LogP contribution is -2.15. The van der Waals surface area contributed by atoms with Crippen molar-refractivity contribution < 1.29 is 9.50 Å². The number of hydrogen-bond acceptors (Lipinski definition) is 2. The van der Waals surface area contributed by atoms with Gasteiger partial charge in [-0.3, -0.25) is 0 Å². The van der Waals surface area contributed by atoms with E-state index in [1.165, 1.54) is 6.07 Å². The molecule has 0 fully saturated rings. The van der Waals surface area contributed by atoms with Gasteiger partial charge in [0, 0.05) is 11.0 Å². The van der Waals surface area contributed by atoms with Crippen LogP contribution in [0.3, 0.4) is 0 Å². The highest BCUT2D eigenvalue weighted by molar-refractivity contribution is 7.99. The van der Waals surface area contributed by atoms with Crippen molar-refractivity contribution in [2.24, 2.45) is 0 Å². The summed E-state index contributed by atoms with van der Waals surface area (Å²) in [5.74, 6) is 0.281. The fourth-order valence-corrected chi connectivity index (χ4v) is 2.50. The van der Waals surface area contributed by atoms with E-state index in [-0.39, 0.29) is 5.02 Å². The van der Waals surface area contributed by atoms with Gasteiger partial charge in [-0.05, 0) is 30.5 Å². The number of hydrogen-bond donors (Lipinski definition) is 1. The molecular weight excluding hydrogens is 259 g/mol. The molecular formula is C13H18ClFOS. The second kappa shape index (κ2) is 7.24. The van der Waals surface area contributed by atoms with Gasteiger partial charge in [0.05, 0.1) is 11.1 Å². The van der Waals surface area contributed by atoms with Crippen LogP contribution in [-0.2, 0) is 6.42 Å². The highest BCUT2D eigenvalue weighted by Crippen LogP contribution is 2.19. The average Bonchev–Trinajstić information content (AvgIpc) is 2.31. The number of halogens is 2. The first-order valence-electron chi connectivity index (χ1n) is 5.76. The van der Waals surface area contributed by atoms with Crippen LogP contribution < -0.4 is 0 Å². The van der Waals surface area contributed by atoms with Crippen LogP contribution in [0.4, 0.5) is 4.39 Å². The van der Waals surface area contributed by atoms with Gasteiger partial charge in [0.25, 0.3) is 0 Å². The number of aliphatic hydroxyl groups is 1. The maximum Gasteiger partial charge on any atom is 0.141 e. The van der Waals surface area contributed by atoms with E-state index in [1.54, 1.807) is 23.9 Å². The van der Waals surface area contributed by atoms with Crippen LogP contribution in [0.1, 0.15) is 25.8 Å². The lowest BCUT2D eigenvalue weighted by atomic mass is 10.1. The molecule has 0 bridgehead atoms. The molecule has 0 aromatic heterocycles. The van der Waals surface area contributed by atoms with Crippen molar-refractivity contribution in [3.05, 3.63) is 34.6 Å². The monoisotopic (exact) mass is 276 g/mol. The second-order valence-corrected chi connectivity index (χ2v) is 6.04. The minimum absolute atomic E-state index is 0.115. The molecule has 0 spiro atoms. The summed E-state index contributed by atoms with van der Waals surface area (Å²) in [6, 6.07) is 4.58. The van der Waals surface area contributed by atoms with Gasteiger partial charge < -0.3 is 5.11 Å². The molecule has 2 unspecified atom stereocenters. The Bertz CT molecular complexity index is 359. The summed E-state index contributed by atoms with van der Waals surface area (Å²) >= 11 is 7.44. The highest BCUT2D eigenvalue weighted by Gasteiger charge is 2.09. The summed E-state index contributed by atoms with van der Waals surface area (Å²) in [5, 5.41) is 10.5. The molecule has 0 heterocycles. The first-order chi connectivity index (χ1) is 8.02. The van der Waals surface area contributed by atoms with Gasteiger partial charge in [-0.25, -0.2) is 4.39 Å². The molecule has 4 heteroatoms. The minimum Gasteiger partial charge on any atom is -0.392 e. The molecule has 0 aliphatic carbocycles. The van der Waals surface area contributed by atoms with Gasteiger partial charge in [0.1, 0.15) is 5.82 Å². The largest absolute Gasteiger partial charge is 0.392 e. The molecule has 17 heavy (non-hydrogen) atoms. The van der Waals surface area contributed by atoms with Crippen molar-refractivity contribution in [2.45, 2.75) is 38.0 Å². The zero-order chi connectivity index (χ0) is 12.8. The Morgan fingerprint density at radius 2 is 2.18 bits per heavy atom. The van der Waals surface area contributed by atoms with Crippen molar-refractivity contribution in [3.8, 4) is 0 Å². The molecule has 0 aliphatic heterocycles. The standard InChI is InChI=1S/C13H18ClFOS/c1-3-9(2)17-8-11(16)6-10-4-5-13(15)12(14)7-10/h4-5,7,9,11,16H,3,6,8H2,1-2H3. The molecule has 0 amide bonds. The zero-order valence-corrected chi connectivity index (χ0v) is 11.7. The Balaban J connectivity index is 2.44. The van der Waals surface area contributed by atoms with Crippen molar-refractivity contribution >= 4 is 23.4 Å². The smallest absolute Gasteiger partial charge is 0.141 e. The van der Waals surface area contributed by atoms with Crippen LogP contribution in [0.15, 0.2) is 18.2 Å². The van der Waals surface area contributed by atoms with Gasteiger partial charge >= 0.3 is 0 Å². The molecule has 1 rings (SSSR count). The fourth-order valence-electron chi connectivity index (χ4n) is 1.39. The van der Waals surface area contributed by atoms with Crippen LogP contribution in [0, 0.1) is 5.82 Å². The Hall–Kier alpha value is -0.250. The molecule has 0 radical (unpaired) electrons. The molecule has 0 aliphatic rings. The van der Waals surface area contributed by atoms with Gasteiger partial charge in [0.15, 0.2) is 0 Å². The molecule has 1 nitrogen and oxygen atoms in total. The van der Waals surface area contributed by atoms with Crippen LogP contribution in [0.2, 0.25) is 5.02 Å². The number of benzene rings is 1. The van der Waals surface area contributed by atoms with E-state index in [2.05, 4.69) is 13.8 Å². The Labute approximate surface area is 111 Å². The fraction of sp³-hybridized carbons (Fsp3) is 0.538. The lowest BCUT2D eigenvalue weighted by molar-refractivity contribution is 0.200. The van der Waals surface area contributed by atoms with Crippen molar-refractivity contribution in [3.63, 3.8) is 0 Å². The summed E-state index contributed by atoms with van der Waals surface area (Å²) in [7, 11) is 0. The molecule has 1 aromatic carbocycles. The van der Waals surface area contributed by atoms with E-state index >= 15 is 0 Å². The van der Waals surface area contributed by atoms with E-state index in [9.17, 15) is 9.50 Å². The summed E-state index contributed by atoms with van der Waals surface area (Å²) in [4.78, 5) is 0. The molecule has 0 saturated carbocycles. The first-order valence-corrected chi connectivity index (χ1v) is 7.19. The van der Waals surface area contributed by atoms with Crippen LogP contribution in [0.25, 0.3) is 0 Å². The van der Waals surface area contributed by atoms with Crippen molar-refractivity contribution in [2.75, 3.05) is 5.75 Å². The highest BCUT2D eigenvalue weighted by atomic mass is 35.5. The minimum atomic E-state index is -0.418. The zero-order valence-electron chi connectivity index (χ0n) is 10.1. The Morgan fingerprint density at radius 1 is 1.47 bits per heavy atom. The second-order valence-electron chi connectivity index (χ2n) is 4.16. The van der Waals surface area contributed by atoms with Crippen LogP contribution in [-0.4, -0.2) is 22.2 Å². The van der Waals surface area contributed by atoms with Gasteiger partial charge in [0.2, 0.25) is 0 Å². The van der Waals surface area contributed by atoms with E-state index in [1.807, 2.05) is 0 Å². The molecule has 2 atom stereocenters. The normalized spacial score (nSPS) is 14.6. The van der Waals surface area contributed by atoms with E-state index in [0.29, 0.717) is 17.4 Å². The maximum atomic E-state index is 12.9. The number of thioether (sulfide) groups is 1. The Kier molecular flexibility index (Phi) is 6.31. The van der Waals surface area contributed by atoms with Gasteiger partial charge in [-0.2, -0.15) is 11.8 Å². The van der Waals surface area contributed by atoms with Crippen LogP contribution >= 0.6 is 23.4 Å². The predicted octanol–water partition coefficient (Wildman–Crippen LogP) is 3.91. The SMILES string of the molecule is CCC(C)SCC(O)Cc1ccc(F)c(Cl)c1. The molecule has 1 N–H and O–H groups in total. The quantitative estimate of drug-likeness (QED) is 0.850. The summed E-state index contributed by atoms with van der Waals surface area (Å²) in [6.45, 7) is 4.27. The van der Waals surface area contributed by atoms with E-state index in [0.717, 1.165) is 12.0 Å². The predicted molar refractivity (Wildman–Crippen MR) is 73.3 cm³/mol. The molecule has 1 aromatic rings. The maximum absolute atomic E-state index is 12.9. The molecule has 0 saturated heterocycles. The third kappa shape index (κ3) is 5.28. The van der Waals surface area contributed by atoms with Crippen LogP contribution in [0.5, 0.6) is 0 Å². The third-order valence-corrected chi connectivity index (χ3v) is 4.37. The van der Waals surface area contributed by atoms with Crippen molar-refractivity contribution in [1.29, 1.82) is 0 Å². The summed E-state index contributed by atoms with van der Waals surface area (Å²) < 4.78 is 12.9. The Morgan fingerprint density at radius 3 is 2.76 bits per heavy atom. The van der Waals surface area contributed by atoms with Gasteiger partial charge in [-0.1, -0.05) is 31.5 Å². The summed E-state index contributed by atoms with van der Waals surface area (Å²) in [5.41, 5.74) is 0.869. The third-order valence-electron chi connectivity index (χ3n) is 2.60. The van der Waals surface area contributed by atoms with Gasteiger partial charge in [-0.15, -0.1) is 0 Å². The first kappa shape index (κ1) is 14.8. The number of rotatable bonds is 6.